The normalized spacial score (nSPS) is 13.5. The molecule has 0 spiro atoms. The fraction of sp³-hybridized carbons (Fsp3) is 0.341. The molecule has 1 radical (unpaired) electrons. The fourth-order valence-electron chi connectivity index (χ4n) is 6.75. The maximum Gasteiger partial charge on any atom is 0.139 e. The molecule has 1 fully saturated rings. The number of hydrogen-bond acceptors (Lipinski definition) is 4. The van der Waals surface area contributed by atoms with Crippen LogP contribution in [-0.2, 0) is 32.9 Å². The van der Waals surface area contributed by atoms with Crippen LogP contribution < -0.4 is 4.40 Å². The molecule has 245 valence electrons. The SMILES string of the molecule is CC(C)Cc1cc(-c2[c-]cccc2)nc[c]1[Ge]([CH3])([CH3])[CH3].Cc1c[c-]c(-c2cc(CC3CCCC3)ccn2)c2oc3cccnc3c12.[Ir]. The van der Waals surface area contributed by atoms with Crippen LogP contribution in [-0.4, -0.2) is 28.2 Å². The van der Waals surface area contributed by atoms with Crippen LogP contribution >= 0.6 is 0 Å². The van der Waals surface area contributed by atoms with E-state index >= 15 is 0 Å². The van der Waals surface area contributed by atoms with Gasteiger partial charge in [-0.15, -0.1) is 17.7 Å². The zero-order valence-corrected chi connectivity index (χ0v) is 33.0. The van der Waals surface area contributed by atoms with Gasteiger partial charge in [0, 0.05) is 32.5 Å². The Morgan fingerprint density at radius 2 is 1.72 bits per heavy atom. The Morgan fingerprint density at radius 3 is 2.45 bits per heavy atom. The molecule has 1 aliphatic carbocycles. The minimum absolute atomic E-state index is 0. The molecule has 47 heavy (non-hydrogen) atoms. The maximum atomic E-state index is 6.16. The van der Waals surface area contributed by atoms with Crippen LogP contribution in [0.15, 0.2) is 83.7 Å². The number of nitrogens with zero attached hydrogens (tertiary/aromatic N) is 3. The van der Waals surface area contributed by atoms with Crippen molar-refractivity contribution in [2.75, 3.05) is 0 Å². The summed E-state index contributed by atoms with van der Waals surface area (Å²) < 4.78 is 7.70. The van der Waals surface area contributed by atoms with Gasteiger partial charge in [0.25, 0.3) is 0 Å². The summed E-state index contributed by atoms with van der Waals surface area (Å²) in [6.07, 6.45) is 13.6. The molecule has 0 saturated heterocycles. The number of fused-ring (bicyclic) bond motifs is 3. The molecule has 6 heteroatoms. The molecule has 0 atom stereocenters. The van der Waals surface area contributed by atoms with Crippen molar-refractivity contribution >= 4 is 39.7 Å². The van der Waals surface area contributed by atoms with Crippen molar-refractivity contribution in [2.45, 2.75) is 76.6 Å². The van der Waals surface area contributed by atoms with E-state index in [1.165, 1.54) is 36.8 Å². The molecule has 4 heterocycles. The van der Waals surface area contributed by atoms with Gasteiger partial charge in [0.1, 0.15) is 5.58 Å². The number of hydrogen-bond donors (Lipinski definition) is 0. The van der Waals surface area contributed by atoms with Crippen molar-refractivity contribution in [3.8, 4) is 22.5 Å². The quantitative estimate of drug-likeness (QED) is 0.119. The summed E-state index contributed by atoms with van der Waals surface area (Å²) >= 11 is -1.86. The van der Waals surface area contributed by atoms with Crippen molar-refractivity contribution in [3.05, 3.63) is 108 Å². The molecular weight excluding hydrogens is 815 g/mol. The minimum atomic E-state index is -1.86. The van der Waals surface area contributed by atoms with E-state index in [1.807, 2.05) is 48.8 Å². The molecule has 0 N–H and O–H groups in total. The van der Waals surface area contributed by atoms with Crippen LogP contribution in [0.25, 0.3) is 44.6 Å². The van der Waals surface area contributed by atoms with E-state index in [0.29, 0.717) is 5.92 Å². The van der Waals surface area contributed by atoms with Gasteiger partial charge in [-0.2, -0.15) is 0 Å². The fourth-order valence-corrected chi connectivity index (χ4v) is 10.1. The number of aromatic nitrogens is 3. The van der Waals surface area contributed by atoms with Gasteiger partial charge >= 0.3 is 126 Å². The van der Waals surface area contributed by atoms with Gasteiger partial charge in [-0.25, -0.2) is 0 Å². The molecule has 2 aromatic carbocycles. The van der Waals surface area contributed by atoms with E-state index in [1.54, 1.807) is 4.40 Å². The molecule has 1 saturated carbocycles. The van der Waals surface area contributed by atoms with Crippen LogP contribution in [0.3, 0.4) is 0 Å². The summed E-state index contributed by atoms with van der Waals surface area (Å²) in [5.41, 5.74) is 10.6. The third kappa shape index (κ3) is 8.31. The topological polar surface area (TPSA) is 51.8 Å². The zero-order valence-electron chi connectivity index (χ0n) is 28.5. The Balaban J connectivity index is 0.000000188. The number of benzene rings is 2. The molecule has 0 bridgehead atoms. The summed E-state index contributed by atoms with van der Waals surface area (Å²) in [4.78, 5) is 13.8. The molecule has 7 rings (SSSR count). The molecule has 1 aliphatic rings. The first-order chi connectivity index (χ1) is 22.2. The molecule has 4 aromatic heterocycles. The van der Waals surface area contributed by atoms with Crippen molar-refractivity contribution < 1.29 is 24.5 Å². The number of rotatable bonds is 7. The second-order valence-corrected chi connectivity index (χ2v) is 24.8. The van der Waals surface area contributed by atoms with Crippen molar-refractivity contribution in [2.24, 2.45) is 11.8 Å². The third-order valence-electron chi connectivity index (χ3n) is 8.99. The number of aryl methyl sites for hydroxylation is 1. The maximum absolute atomic E-state index is 6.16. The average Bonchev–Trinajstić information content (AvgIpc) is 3.70. The van der Waals surface area contributed by atoms with Crippen LogP contribution in [0.2, 0.25) is 17.3 Å². The summed E-state index contributed by atoms with van der Waals surface area (Å²) in [5, 5.41) is 1.07. The number of pyridine rings is 3. The van der Waals surface area contributed by atoms with Gasteiger partial charge in [0.15, 0.2) is 0 Å². The predicted octanol–water partition coefficient (Wildman–Crippen LogP) is 10.2. The Hall–Kier alpha value is -3.12. The van der Waals surface area contributed by atoms with E-state index in [4.69, 9.17) is 9.40 Å². The van der Waals surface area contributed by atoms with E-state index in [0.717, 1.165) is 68.9 Å². The Morgan fingerprint density at radius 1 is 0.915 bits per heavy atom. The molecular formula is C41H45GeIrN3O-2. The van der Waals surface area contributed by atoms with Crippen LogP contribution in [0.5, 0.6) is 0 Å². The monoisotopic (exact) mass is 862 g/mol. The Kier molecular flexibility index (Phi) is 11.5. The van der Waals surface area contributed by atoms with Gasteiger partial charge in [-0.3, -0.25) is 4.98 Å². The first-order valence-electron chi connectivity index (χ1n) is 16.8. The number of furan rings is 1. The molecule has 0 amide bonds. The van der Waals surface area contributed by atoms with Gasteiger partial charge in [-0.1, -0.05) is 49.8 Å². The zero-order chi connectivity index (χ0) is 32.3. The predicted molar refractivity (Wildman–Crippen MR) is 194 cm³/mol. The van der Waals surface area contributed by atoms with E-state index in [2.05, 4.69) is 90.6 Å². The summed E-state index contributed by atoms with van der Waals surface area (Å²) in [6.45, 7) is 6.65. The molecule has 4 nitrogen and oxygen atoms in total. The summed E-state index contributed by atoms with van der Waals surface area (Å²) in [6, 6.07) is 27.3. The third-order valence-corrected chi connectivity index (χ3v) is 13.3. The van der Waals surface area contributed by atoms with Gasteiger partial charge in [-0.05, 0) is 41.6 Å². The smallest absolute Gasteiger partial charge is 0.139 e. The molecule has 0 unspecified atom stereocenters. The minimum Gasteiger partial charge on any atom is -0.499 e. The van der Waals surface area contributed by atoms with Crippen LogP contribution in [0.4, 0.5) is 0 Å². The van der Waals surface area contributed by atoms with Crippen molar-refractivity contribution in [1.82, 2.24) is 15.0 Å². The van der Waals surface area contributed by atoms with Gasteiger partial charge in [0.05, 0.1) is 11.1 Å². The second-order valence-electron chi connectivity index (χ2n) is 14.3. The van der Waals surface area contributed by atoms with E-state index in [-0.39, 0.29) is 20.1 Å². The van der Waals surface area contributed by atoms with Crippen LogP contribution in [0.1, 0.15) is 56.2 Å². The van der Waals surface area contributed by atoms with Gasteiger partial charge < -0.3 is 9.40 Å². The molecule has 6 aromatic rings. The second kappa shape index (κ2) is 15.4. The van der Waals surface area contributed by atoms with Crippen LogP contribution in [0, 0.1) is 30.9 Å². The molecule has 0 aliphatic heterocycles. The van der Waals surface area contributed by atoms with Gasteiger partial charge in [0.2, 0.25) is 0 Å². The summed E-state index contributed by atoms with van der Waals surface area (Å²) in [7, 11) is 0. The Bertz CT molecular complexity index is 1940. The standard InChI is InChI=1S/C23H21N2O.C18H24GeN.Ir/c1-15-8-9-18(23-21(15)22-20(26-23)7-4-11-25-22)19-14-17(10-12-24-19)13-16-5-2-3-6-16;1-14(2)11-16-12-18(15-9-7-6-8-10-15)20-13-17(16)19(3,4)5;/h4,7-8,10-12,14,16H,2-3,5-6,13H2,1H3;6-9,12-14H,11H2,1-5H3;/q2*-1;. The first kappa shape index (κ1) is 35.2. The van der Waals surface area contributed by atoms with Crippen molar-refractivity contribution in [3.63, 3.8) is 0 Å². The summed E-state index contributed by atoms with van der Waals surface area (Å²) in [5.74, 6) is 8.82. The Labute approximate surface area is 296 Å². The van der Waals surface area contributed by atoms with E-state index in [9.17, 15) is 0 Å². The first-order valence-corrected chi connectivity index (χ1v) is 24.1. The largest absolute Gasteiger partial charge is 0.499 e. The van der Waals surface area contributed by atoms with Crippen molar-refractivity contribution in [1.29, 1.82) is 0 Å². The average molecular weight is 861 g/mol. The van der Waals surface area contributed by atoms with E-state index < -0.39 is 13.3 Å².